The lowest BCUT2D eigenvalue weighted by molar-refractivity contribution is -0.133. The van der Waals surface area contributed by atoms with Crippen LogP contribution in [0.2, 0.25) is 0 Å². The molecule has 0 fully saturated rings. The van der Waals surface area contributed by atoms with Crippen LogP contribution < -0.4 is 5.56 Å². The number of aliphatic carboxylic acids is 1. The van der Waals surface area contributed by atoms with Gasteiger partial charge in [0.25, 0.3) is 5.56 Å². The van der Waals surface area contributed by atoms with Crippen molar-refractivity contribution in [1.29, 1.82) is 0 Å². The first-order valence-electron chi connectivity index (χ1n) is 5.35. The number of benzene rings is 1. The fourth-order valence-corrected chi connectivity index (χ4v) is 2.41. The second-order valence-corrected chi connectivity index (χ2v) is 4.74. The summed E-state index contributed by atoms with van der Waals surface area (Å²) in [4.78, 5) is 27.0. The molecule has 0 aliphatic heterocycles. The van der Waals surface area contributed by atoms with E-state index in [0.29, 0.717) is 22.6 Å². The Labute approximate surface area is 107 Å². The highest BCUT2D eigenvalue weighted by atomic mass is 32.2. The first-order valence-corrected chi connectivity index (χ1v) is 6.51. The number of thioether (sulfide) groups is 1. The van der Waals surface area contributed by atoms with Crippen molar-refractivity contribution >= 4 is 28.6 Å². The van der Waals surface area contributed by atoms with Gasteiger partial charge in [-0.15, -0.1) is 11.8 Å². The molecule has 2 aromatic rings. The summed E-state index contributed by atoms with van der Waals surface area (Å²) in [6, 6.07) is 7.13. The van der Waals surface area contributed by atoms with Crippen LogP contribution in [0.3, 0.4) is 0 Å². The van der Waals surface area contributed by atoms with Gasteiger partial charge in [0.1, 0.15) is 5.82 Å². The Bertz CT molecular complexity index is 651. The zero-order chi connectivity index (χ0) is 13.1. The molecule has 1 aromatic carbocycles. The molecular formula is C12H12N2O3S. The molecule has 0 saturated carbocycles. The number of rotatable bonds is 4. The summed E-state index contributed by atoms with van der Waals surface area (Å²) >= 11 is 1.17. The minimum Gasteiger partial charge on any atom is -0.481 e. The van der Waals surface area contributed by atoms with E-state index in [-0.39, 0.29) is 11.3 Å². The van der Waals surface area contributed by atoms with Crippen molar-refractivity contribution in [2.24, 2.45) is 0 Å². The largest absolute Gasteiger partial charge is 0.481 e. The van der Waals surface area contributed by atoms with Crippen molar-refractivity contribution in [3.05, 3.63) is 40.4 Å². The third kappa shape index (κ3) is 2.53. The average molecular weight is 264 g/mol. The van der Waals surface area contributed by atoms with Crippen molar-refractivity contribution in [3.63, 3.8) is 0 Å². The number of aromatic nitrogens is 2. The van der Waals surface area contributed by atoms with Gasteiger partial charge >= 0.3 is 5.97 Å². The molecule has 94 valence electrons. The monoisotopic (exact) mass is 264 g/mol. The second-order valence-electron chi connectivity index (χ2n) is 3.78. The van der Waals surface area contributed by atoms with E-state index in [9.17, 15) is 9.59 Å². The molecule has 0 bridgehead atoms. The molecule has 5 nitrogen and oxygen atoms in total. The van der Waals surface area contributed by atoms with Crippen LogP contribution >= 0.6 is 11.8 Å². The van der Waals surface area contributed by atoms with Gasteiger partial charge < -0.3 is 5.11 Å². The fourth-order valence-electron chi connectivity index (χ4n) is 1.66. The molecule has 1 aromatic heterocycles. The van der Waals surface area contributed by atoms with Crippen LogP contribution in [0, 0.1) is 6.92 Å². The predicted molar refractivity (Wildman–Crippen MR) is 70.8 cm³/mol. The van der Waals surface area contributed by atoms with Gasteiger partial charge in [0.15, 0.2) is 0 Å². The van der Waals surface area contributed by atoms with E-state index in [2.05, 4.69) is 4.98 Å². The summed E-state index contributed by atoms with van der Waals surface area (Å²) in [5, 5.41) is 9.13. The molecule has 18 heavy (non-hydrogen) atoms. The molecular weight excluding hydrogens is 252 g/mol. The van der Waals surface area contributed by atoms with Crippen molar-refractivity contribution in [2.45, 2.75) is 12.8 Å². The molecule has 0 spiro atoms. The van der Waals surface area contributed by atoms with Gasteiger partial charge in [0.05, 0.1) is 22.5 Å². The van der Waals surface area contributed by atoms with Crippen LogP contribution in [0.5, 0.6) is 0 Å². The summed E-state index contributed by atoms with van der Waals surface area (Å²) in [7, 11) is 0. The van der Waals surface area contributed by atoms with Crippen molar-refractivity contribution in [2.75, 3.05) is 5.75 Å². The van der Waals surface area contributed by atoms with E-state index in [4.69, 9.17) is 5.11 Å². The van der Waals surface area contributed by atoms with E-state index < -0.39 is 5.97 Å². The van der Waals surface area contributed by atoms with Crippen molar-refractivity contribution in [3.8, 4) is 0 Å². The second kappa shape index (κ2) is 5.22. The lowest BCUT2D eigenvalue weighted by atomic mass is 10.2. The molecule has 1 heterocycles. The van der Waals surface area contributed by atoms with Gasteiger partial charge in [-0.2, -0.15) is 0 Å². The quantitative estimate of drug-likeness (QED) is 0.905. The standard InChI is InChI=1S/C12H12N2O3S/c1-8-13-10-5-3-2-4-9(10)12(17)14(8)7-18-6-11(15)16/h2-5H,6-7H2,1H3,(H,15,16). The maximum atomic E-state index is 12.2. The van der Waals surface area contributed by atoms with Crippen LogP contribution in [0.15, 0.2) is 29.1 Å². The Morgan fingerprint density at radius 2 is 2.17 bits per heavy atom. The number of carbonyl (C=O) groups is 1. The van der Waals surface area contributed by atoms with E-state index in [1.165, 1.54) is 16.3 Å². The normalized spacial score (nSPS) is 10.7. The summed E-state index contributed by atoms with van der Waals surface area (Å²) in [5.41, 5.74) is 0.537. The highest BCUT2D eigenvalue weighted by Crippen LogP contribution is 2.10. The van der Waals surface area contributed by atoms with Crippen LogP contribution in [-0.2, 0) is 10.7 Å². The average Bonchev–Trinajstić information content (AvgIpc) is 2.33. The SMILES string of the molecule is Cc1nc2ccccc2c(=O)n1CSCC(=O)O. The molecule has 2 rings (SSSR count). The lowest BCUT2D eigenvalue weighted by Crippen LogP contribution is -2.23. The predicted octanol–water partition coefficient (Wildman–Crippen LogP) is 1.48. The first kappa shape index (κ1) is 12.6. The summed E-state index contributed by atoms with van der Waals surface area (Å²) < 4.78 is 1.50. The Morgan fingerprint density at radius 1 is 1.44 bits per heavy atom. The molecule has 0 aliphatic carbocycles. The fraction of sp³-hybridized carbons (Fsp3) is 0.250. The van der Waals surface area contributed by atoms with Gasteiger partial charge in [-0.1, -0.05) is 12.1 Å². The molecule has 0 radical (unpaired) electrons. The van der Waals surface area contributed by atoms with Crippen LogP contribution in [0.4, 0.5) is 0 Å². The van der Waals surface area contributed by atoms with Gasteiger partial charge in [0.2, 0.25) is 0 Å². The highest BCUT2D eigenvalue weighted by molar-refractivity contribution is 7.98. The molecule has 0 saturated heterocycles. The number of nitrogens with zero attached hydrogens (tertiary/aromatic N) is 2. The van der Waals surface area contributed by atoms with Gasteiger partial charge in [-0.25, -0.2) is 4.98 Å². The number of hydrogen-bond donors (Lipinski definition) is 1. The van der Waals surface area contributed by atoms with Crippen LogP contribution in [0.1, 0.15) is 5.82 Å². The minimum atomic E-state index is -0.889. The minimum absolute atomic E-state index is 0.0291. The first-order chi connectivity index (χ1) is 8.59. The zero-order valence-corrected chi connectivity index (χ0v) is 10.6. The van der Waals surface area contributed by atoms with Crippen LogP contribution in [-0.4, -0.2) is 26.4 Å². The summed E-state index contributed by atoms with van der Waals surface area (Å²) in [6.07, 6.45) is 0. The van der Waals surface area contributed by atoms with E-state index in [1.54, 1.807) is 25.1 Å². The van der Waals surface area contributed by atoms with Gasteiger partial charge in [-0.05, 0) is 19.1 Å². The number of carboxylic acid groups (broad SMARTS) is 1. The Hall–Kier alpha value is -1.82. The third-order valence-corrected chi connectivity index (χ3v) is 3.39. The molecule has 0 atom stereocenters. The van der Waals surface area contributed by atoms with Crippen molar-refractivity contribution < 1.29 is 9.90 Å². The molecule has 0 unspecified atom stereocenters. The van der Waals surface area contributed by atoms with E-state index in [0.717, 1.165) is 0 Å². The summed E-state index contributed by atoms with van der Waals surface area (Å²) in [5.74, 6) is -0.0240. The lowest BCUT2D eigenvalue weighted by Gasteiger charge is -2.09. The molecule has 0 aliphatic rings. The topological polar surface area (TPSA) is 72.2 Å². The van der Waals surface area contributed by atoms with Gasteiger partial charge in [-0.3, -0.25) is 14.2 Å². The Kier molecular flexibility index (Phi) is 3.66. The maximum absolute atomic E-state index is 12.2. The number of carboxylic acids is 1. The van der Waals surface area contributed by atoms with Gasteiger partial charge in [0, 0.05) is 0 Å². The zero-order valence-electron chi connectivity index (χ0n) is 9.79. The smallest absolute Gasteiger partial charge is 0.313 e. The van der Waals surface area contributed by atoms with E-state index in [1.807, 2.05) is 6.07 Å². The number of aryl methyl sites for hydroxylation is 1. The number of hydrogen-bond acceptors (Lipinski definition) is 4. The highest BCUT2D eigenvalue weighted by Gasteiger charge is 2.08. The van der Waals surface area contributed by atoms with E-state index >= 15 is 0 Å². The summed E-state index contributed by atoms with van der Waals surface area (Å²) in [6.45, 7) is 1.75. The Morgan fingerprint density at radius 3 is 2.89 bits per heavy atom. The van der Waals surface area contributed by atoms with Crippen molar-refractivity contribution in [1.82, 2.24) is 9.55 Å². The maximum Gasteiger partial charge on any atom is 0.313 e. The molecule has 1 N–H and O–H groups in total. The third-order valence-electron chi connectivity index (χ3n) is 2.50. The number of para-hydroxylation sites is 1. The van der Waals surface area contributed by atoms with Crippen LogP contribution in [0.25, 0.3) is 10.9 Å². The Balaban J connectivity index is 2.38. The molecule has 0 amide bonds. The number of fused-ring (bicyclic) bond motifs is 1. The molecule has 6 heteroatoms.